The Hall–Kier alpha value is -1.87. The van der Waals surface area contributed by atoms with Gasteiger partial charge < -0.3 is 10.5 Å². The molecule has 0 bridgehead atoms. The van der Waals surface area contributed by atoms with Crippen LogP contribution < -0.4 is 10.5 Å². The van der Waals surface area contributed by atoms with Gasteiger partial charge >= 0.3 is 0 Å². The van der Waals surface area contributed by atoms with Crippen LogP contribution in [0, 0.1) is 6.92 Å². The van der Waals surface area contributed by atoms with Crippen molar-refractivity contribution in [3.05, 3.63) is 53.7 Å². The number of hydrogen-bond donors (Lipinski definition) is 1. The van der Waals surface area contributed by atoms with Gasteiger partial charge in [-0.15, -0.1) is 0 Å². The number of hydrogen-bond acceptors (Lipinski definition) is 3. The molecule has 0 aliphatic heterocycles. The minimum Gasteiger partial charge on any atom is -0.439 e. The lowest BCUT2D eigenvalue weighted by molar-refractivity contribution is 0.462. The van der Waals surface area contributed by atoms with Crippen LogP contribution >= 0.6 is 0 Å². The normalized spacial score (nSPS) is 10.1. The highest BCUT2D eigenvalue weighted by Crippen LogP contribution is 2.19. The van der Waals surface area contributed by atoms with Crippen molar-refractivity contribution in [1.29, 1.82) is 0 Å². The van der Waals surface area contributed by atoms with Crippen LogP contribution in [-0.4, -0.2) is 4.98 Å². The van der Waals surface area contributed by atoms with E-state index in [1.54, 1.807) is 6.20 Å². The van der Waals surface area contributed by atoms with Gasteiger partial charge in [-0.25, -0.2) is 4.98 Å². The summed E-state index contributed by atoms with van der Waals surface area (Å²) in [7, 11) is 0. The summed E-state index contributed by atoms with van der Waals surface area (Å²) in [4.78, 5) is 4.17. The maximum absolute atomic E-state index is 5.61. The molecule has 2 N–H and O–H groups in total. The van der Waals surface area contributed by atoms with Gasteiger partial charge in [0.1, 0.15) is 5.75 Å². The zero-order valence-electron chi connectivity index (χ0n) is 9.18. The van der Waals surface area contributed by atoms with E-state index < -0.39 is 0 Å². The van der Waals surface area contributed by atoms with Crippen LogP contribution in [0.25, 0.3) is 0 Å². The fraction of sp³-hybridized carbons (Fsp3) is 0.154. The van der Waals surface area contributed by atoms with Crippen LogP contribution in [0.2, 0.25) is 0 Å². The third-order valence-corrected chi connectivity index (χ3v) is 2.25. The predicted molar refractivity (Wildman–Crippen MR) is 63.4 cm³/mol. The molecule has 0 aliphatic carbocycles. The molecule has 0 unspecified atom stereocenters. The second-order valence-corrected chi connectivity index (χ2v) is 3.63. The maximum Gasteiger partial charge on any atom is 0.219 e. The molecule has 82 valence electrons. The minimum absolute atomic E-state index is 0.498. The first kappa shape index (κ1) is 10.6. The average Bonchev–Trinajstić information content (AvgIpc) is 2.30. The Bertz CT molecular complexity index is 466. The highest BCUT2D eigenvalue weighted by Gasteiger charge is 1.98. The van der Waals surface area contributed by atoms with Crippen molar-refractivity contribution in [2.45, 2.75) is 13.5 Å². The molecule has 0 radical (unpaired) electrons. The standard InChI is InChI=1S/C13H14N2O/c1-10-3-2-4-12(7-10)16-13-6-5-11(8-14)9-15-13/h2-7,9H,8,14H2,1H3. The molecule has 1 heterocycles. The van der Waals surface area contributed by atoms with Gasteiger partial charge in [-0.05, 0) is 30.2 Å². The molecule has 2 rings (SSSR count). The Morgan fingerprint density at radius 1 is 1.25 bits per heavy atom. The number of aryl methyl sites for hydroxylation is 1. The molecule has 0 spiro atoms. The van der Waals surface area contributed by atoms with Crippen LogP contribution in [-0.2, 0) is 6.54 Å². The number of ether oxygens (including phenoxy) is 1. The maximum atomic E-state index is 5.61. The molecular weight excluding hydrogens is 200 g/mol. The highest BCUT2D eigenvalue weighted by atomic mass is 16.5. The molecule has 0 saturated carbocycles. The Balaban J connectivity index is 2.14. The molecule has 0 fully saturated rings. The summed E-state index contributed by atoms with van der Waals surface area (Å²) in [6, 6.07) is 11.6. The van der Waals surface area contributed by atoms with Gasteiger partial charge in [-0.3, -0.25) is 0 Å². The van der Waals surface area contributed by atoms with Crippen molar-refractivity contribution < 1.29 is 4.74 Å². The SMILES string of the molecule is Cc1cccc(Oc2ccc(CN)cn2)c1. The number of rotatable bonds is 3. The Kier molecular flexibility index (Phi) is 3.17. The van der Waals surface area contributed by atoms with E-state index >= 15 is 0 Å². The average molecular weight is 214 g/mol. The molecule has 0 saturated heterocycles. The summed E-state index contributed by atoms with van der Waals surface area (Å²) in [5.74, 6) is 1.38. The van der Waals surface area contributed by atoms with Crippen LogP contribution in [0.3, 0.4) is 0 Å². The second-order valence-electron chi connectivity index (χ2n) is 3.63. The lowest BCUT2D eigenvalue weighted by Gasteiger charge is -2.05. The van der Waals surface area contributed by atoms with Crippen molar-refractivity contribution in [1.82, 2.24) is 4.98 Å². The van der Waals surface area contributed by atoms with Crippen LogP contribution in [0.15, 0.2) is 42.6 Å². The van der Waals surface area contributed by atoms with Crippen molar-refractivity contribution in [2.75, 3.05) is 0 Å². The summed E-state index contributed by atoms with van der Waals surface area (Å²) >= 11 is 0. The first-order valence-corrected chi connectivity index (χ1v) is 5.17. The van der Waals surface area contributed by atoms with Crippen LogP contribution in [0.5, 0.6) is 11.6 Å². The highest BCUT2D eigenvalue weighted by molar-refractivity contribution is 5.31. The van der Waals surface area contributed by atoms with Crippen LogP contribution in [0.1, 0.15) is 11.1 Å². The molecule has 0 aliphatic rings. The zero-order chi connectivity index (χ0) is 11.4. The Morgan fingerprint density at radius 2 is 2.12 bits per heavy atom. The molecule has 1 aromatic carbocycles. The van der Waals surface area contributed by atoms with E-state index in [1.165, 1.54) is 0 Å². The summed E-state index contributed by atoms with van der Waals surface area (Å²) in [6.45, 7) is 2.52. The van der Waals surface area contributed by atoms with Gasteiger partial charge in [-0.2, -0.15) is 0 Å². The predicted octanol–water partition coefficient (Wildman–Crippen LogP) is 2.64. The van der Waals surface area contributed by atoms with Crippen molar-refractivity contribution in [3.63, 3.8) is 0 Å². The van der Waals surface area contributed by atoms with Crippen molar-refractivity contribution in [3.8, 4) is 11.6 Å². The van der Waals surface area contributed by atoms with E-state index in [-0.39, 0.29) is 0 Å². The molecular formula is C13H14N2O. The topological polar surface area (TPSA) is 48.1 Å². The largest absolute Gasteiger partial charge is 0.439 e. The van der Waals surface area contributed by atoms with Gasteiger partial charge in [0.25, 0.3) is 0 Å². The fourth-order valence-corrected chi connectivity index (χ4v) is 1.39. The molecule has 0 amide bonds. The third kappa shape index (κ3) is 2.58. The fourth-order valence-electron chi connectivity index (χ4n) is 1.39. The summed E-state index contributed by atoms with van der Waals surface area (Å²) in [5, 5.41) is 0. The summed E-state index contributed by atoms with van der Waals surface area (Å²) in [6.07, 6.45) is 1.73. The smallest absolute Gasteiger partial charge is 0.219 e. The van der Waals surface area contributed by atoms with E-state index in [0.29, 0.717) is 12.4 Å². The Morgan fingerprint density at radius 3 is 2.75 bits per heavy atom. The van der Waals surface area contributed by atoms with Gasteiger partial charge in [0.15, 0.2) is 0 Å². The molecule has 1 aromatic heterocycles. The zero-order valence-corrected chi connectivity index (χ0v) is 9.18. The van der Waals surface area contributed by atoms with E-state index in [9.17, 15) is 0 Å². The lowest BCUT2D eigenvalue weighted by Crippen LogP contribution is -1.97. The van der Waals surface area contributed by atoms with E-state index in [2.05, 4.69) is 4.98 Å². The van der Waals surface area contributed by atoms with Gasteiger partial charge in [0.2, 0.25) is 5.88 Å². The van der Waals surface area contributed by atoms with E-state index in [0.717, 1.165) is 16.9 Å². The van der Waals surface area contributed by atoms with Gasteiger partial charge in [0.05, 0.1) is 0 Å². The molecule has 0 atom stereocenters. The minimum atomic E-state index is 0.498. The van der Waals surface area contributed by atoms with E-state index in [4.69, 9.17) is 10.5 Å². The van der Waals surface area contributed by atoms with Crippen molar-refractivity contribution >= 4 is 0 Å². The summed E-state index contributed by atoms with van der Waals surface area (Å²) < 4.78 is 5.61. The quantitative estimate of drug-likeness (QED) is 0.854. The van der Waals surface area contributed by atoms with Crippen molar-refractivity contribution in [2.24, 2.45) is 5.73 Å². The first-order chi connectivity index (χ1) is 7.78. The van der Waals surface area contributed by atoms with Gasteiger partial charge in [-0.1, -0.05) is 18.2 Å². The number of nitrogens with zero attached hydrogens (tertiary/aromatic N) is 1. The van der Waals surface area contributed by atoms with Gasteiger partial charge in [0, 0.05) is 18.8 Å². The third-order valence-electron chi connectivity index (χ3n) is 2.25. The van der Waals surface area contributed by atoms with Crippen LogP contribution in [0.4, 0.5) is 0 Å². The molecule has 2 aromatic rings. The number of aromatic nitrogens is 1. The second kappa shape index (κ2) is 4.77. The summed E-state index contributed by atoms with van der Waals surface area (Å²) in [5.41, 5.74) is 7.65. The number of nitrogens with two attached hydrogens (primary N) is 1. The molecule has 16 heavy (non-hydrogen) atoms. The lowest BCUT2D eigenvalue weighted by atomic mass is 10.2. The molecule has 3 nitrogen and oxygen atoms in total. The van der Waals surface area contributed by atoms with E-state index in [1.807, 2.05) is 43.3 Å². The Labute approximate surface area is 94.9 Å². The monoisotopic (exact) mass is 214 g/mol. The molecule has 3 heteroatoms. The number of pyridine rings is 1. The number of benzene rings is 1. The first-order valence-electron chi connectivity index (χ1n) is 5.17.